The molecule has 1 atom stereocenters. The highest BCUT2D eigenvalue weighted by Crippen LogP contribution is 2.28. The summed E-state index contributed by atoms with van der Waals surface area (Å²) in [6.07, 6.45) is 5.92. The fourth-order valence-corrected chi connectivity index (χ4v) is 4.57. The van der Waals surface area contributed by atoms with E-state index in [4.69, 9.17) is 4.42 Å². The normalized spacial score (nSPS) is 21.2. The Balaban J connectivity index is 1.46. The predicted octanol–water partition coefficient (Wildman–Crippen LogP) is 3.03. The molecule has 1 unspecified atom stereocenters. The van der Waals surface area contributed by atoms with E-state index in [0.29, 0.717) is 17.9 Å². The average Bonchev–Trinajstić information content (AvgIpc) is 3.23. The number of hydrogen-bond acceptors (Lipinski definition) is 5. The number of nitrogens with zero attached hydrogens (tertiary/aromatic N) is 5. The number of hydrogen-bond donors (Lipinski definition) is 0. The van der Waals surface area contributed by atoms with E-state index in [-0.39, 0.29) is 11.8 Å². The summed E-state index contributed by atoms with van der Waals surface area (Å²) in [5.41, 5.74) is 0.682. The van der Waals surface area contributed by atoms with Crippen molar-refractivity contribution in [2.75, 3.05) is 26.2 Å². The van der Waals surface area contributed by atoms with Gasteiger partial charge in [-0.1, -0.05) is 6.42 Å². The third-order valence-electron chi connectivity index (χ3n) is 6.16. The summed E-state index contributed by atoms with van der Waals surface area (Å²) in [6, 6.07) is 1.85. The maximum absolute atomic E-state index is 13.0. The van der Waals surface area contributed by atoms with Gasteiger partial charge in [-0.05, 0) is 58.7 Å². The van der Waals surface area contributed by atoms with Gasteiger partial charge in [0.25, 0.3) is 5.91 Å². The van der Waals surface area contributed by atoms with Crippen LogP contribution in [0.25, 0.3) is 0 Å². The topological polar surface area (TPSA) is 67.4 Å². The first-order valence-electron chi connectivity index (χ1n) is 10.5. The minimum absolute atomic E-state index is 0.0646. The van der Waals surface area contributed by atoms with Crippen molar-refractivity contribution in [1.82, 2.24) is 24.6 Å². The molecule has 7 nitrogen and oxygen atoms in total. The molecular formula is C21H31N5O2. The molecule has 2 aromatic heterocycles. The molecule has 4 heterocycles. The van der Waals surface area contributed by atoms with Crippen LogP contribution in [0, 0.1) is 13.8 Å². The van der Waals surface area contributed by atoms with Gasteiger partial charge in [0.05, 0.1) is 12.1 Å². The van der Waals surface area contributed by atoms with Crippen molar-refractivity contribution in [1.29, 1.82) is 0 Å². The van der Waals surface area contributed by atoms with Gasteiger partial charge >= 0.3 is 0 Å². The lowest BCUT2D eigenvalue weighted by molar-refractivity contribution is 0.0701. The van der Waals surface area contributed by atoms with Crippen molar-refractivity contribution in [3.05, 3.63) is 34.8 Å². The van der Waals surface area contributed by atoms with Crippen molar-refractivity contribution in [3.63, 3.8) is 0 Å². The number of furan rings is 1. The standard InChI is InChI=1S/C21H31N5O2/c1-15-12-18(16(2)28-15)21(27)26-11-7-8-17(13-26)20-23-22-19(24(20)3)14-25-9-5-4-6-10-25/h12,17H,4-11,13-14H2,1-3H3. The van der Waals surface area contributed by atoms with E-state index >= 15 is 0 Å². The number of rotatable bonds is 4. The van der Waals surface area contributed by atoms with E-state index in [9.17, 15) is 4.79 Å². The van der Waals surface area contributed by atoms with E-state index in [1.807, 2.05) is 24.8 Å². The van der Waals surface area contributed by atoms with Gasteiger partial charge in [-0.2, -0.15) is 0 Å². The zero-order valence-electron chi connectivity index (χ0n) is 17.3. The number of likely N-dealkylation sites (tertiary alicyclic amines) is 2. The zero-order chi connectivity index (χ0) is 19.7. The number of aryl methyl sites for hydroxylation is 2. The minimum Gasteiger partial charge on any atom is -0.466 e. The van der Waals surface area contributed by atoms with Crippen LogP contribution >= 0.6 is 0 Å². The molecule has 0 saturated carbocycles. The van der Waals surface area contributed by atoms with Crippen molar-refractivity contribution in [3.8, 4) is 0 Å². The van der Waals surface area contributed by atoms with Crippen LogP contribution in [-0.2, 0) is 13.6 Å². The number of carbonyl (C=O) groups excluding carboxylic acids is 1. The first-order chi connectivity index (χ1) is 13.5. The molecule has 1 amide bonds. The van der Waals surface area contributed by atoms with Crippen LogP contribution < -0.4 is 0 Å². The SMILES string of the molecule is Cc1cc(C(=O)N2CCCC(c3nnc(CN4CCCCC4)n3C)C2)c(C)o1. The van der Waals surface area contributed by atoms with Gasteiger partial charge in [0, 0.05) is 26.1 Å². The van der Waals surface area contributed by atoms with Crippen LogP contribution in [0.1, 0.15) is 71.5 Å². The first-order valence-corrected chi connectivity index (χ1v) is 10.5. The molecule has 2 aliphatic heterocycles. The number of aromatic nitrogens is 3. The van der Waals surface area contributed by atoms with Crippen LogP contribution in [0.15, 0.2) is 10.5 Å². The van der Waals surface area contributed by atoms with E-state index in [2.05, 4.69) is 26.7 Å². The molecule has 4 rings (SSSR count). The average molecular weight is 386 g/mol. The third-order valence-corrected chi connectivity index (χ3v) is 6.16. The van der Waals surface area contributed by atoms with Gasteiger partial charge in [0.1, 0.15) is 23.2 Å². The van der Waals surface area contributed by atoms with Crippen LogP contribution in [0.3, 0.4) is 0 Å². The van der Waals surface area contributed by atoms with E-state index in [0.717, 1.165) is 56.4 Å². The van der Waals surface area contributed by atoms with Crippen LogP contribution in [0.2, 0.25) is 0 Å². The van der Waals surface area contributed by atoms with Gasteiger partial charge in [0.15, 0.2) is 0 Å². The summed E-state index contributed by atoms with van der Waals surface area (Å²) < 4.78 is 7.71. The Morgan fingerprint density at radius 1 is 1.14 bits per heavy atom. The third kappa shape index (κ3) is 3.85. The summed E-state index contributed by atoms with van der Waals surface area (Å²) in [6.45, 7) is 8.39. The minimum atomic E-state index is 0.0646. The number of piperidine rings is 2. The molecule has 2 fully saturated rings. The summed E-state index contributed by atoms with van der Waals surface area (Å²) >= 11 is 0. The molecule has 2 aliphatic rings. The smallest absolute Gasteiger partial charge is 0.257 e. The Hall–Kier alpha value is -2.15. The molecule has 0 aromatic carbocycles. The Bertz CT molecular complexity index is 834. The Kier molecular flexibility index (Phi) is 5.53. The second-order valence-electron chi connectivity index (χ2n) is 8.29. The lowest BCUT2D eigenvalue weighted by Gasteiger charge is -2.32. The quantitative estimate of drug-likeness (QED) is 0.809. The predicted molar refractivity (Wildman–Crippen MR) is 106 cm³/mol. The molecule has 0 radical (unpaired) electrons. The van der Waals surface area contributed by atoms with E-state index in [1.165, 1.54) is 19.3 Å². The van der Waals surface area contributed by atoms with Gasteiger partial charge in [-0.3, -0.25) is 9.69 Å². The summed E-state index contributed by atoms with van der Waals surface area (Å²) in [4.78, 5) is 17.4. The maximum atomic E-state index is 13.0. The molecular weight excluding hydrogens is 354 g/mol. The van der Waals surface area contributed by atoms with Crippen LogP contribution in [0.5, 0.6) is 0 Å². The van der Waals surface area contributed by atoms with Gasteiger partial charge in [-0.15, -0.1) is 10.2 Å². The highest BCUT2D eigenvalue weighted by molar-refractivity contribution is 5.95. The van der Waals surface area contributed by atoms with Crippen molar-refractivity contribution in [2.24, 2.45) is 7.05 Å². The lowest BCUT2D eigenvalue weighted by atomic mass is 9.96. The molecule has 2 saturated heterocycles. The lowest BCUT2D eigenvalue weighted by Crippen LogP contribution is -2.40. The van der Waals surface area contributed by atoms with Crippen molar-refractivity contribution >= 4 is 5.91 Å². The molecule has 0 aliphatic carbocycles. The zero-order valence-corrected chi connectivity index (χ0v) is 17.3. The molecule has 152 valence electrons. The summed E-state index contributed by atoms with van der Waals surface area (Å²) in [7, 11) is 2.07. The summed E-state index contributed by atoms with van der Waals surface area (Å²) in [5.74, 6) is 3.82. The van der Waals surface area contributed by atoms with Gasteiger partial charge in [0.2, 0.25) is 0 Å². The highest BCUT2D eigenvalue weighted by atomic mass is 16.3. The molecule has 28 heavy (non-hydrogen) atoms. The molecule has 0 spiro atoms. The Labute approximate surface area is 166 Å². The van der Waals surface area contributed by atoms with Gasteiger partial charge < -0.3 is 13.9 Å². The first kappa shape index (κ1) is 19.2. The molecule has 2 aromatic rings. The van der Waals surface area contributed by atoms with E-state index < -0.39 is 0 Å². The fourth-order valence-electron chi connectivity index (χ4n) is 4.57. The number of carbonyl (C=O) groups is 1. The second kappa shape index (κ2) is 8.07. The van der Waals surface area contributed by atoms with Gasteiger partial charge in [-0.25, -0.2) is 0 Å². The molecule has 7 heteroatoms. The molecule has 0 N–H and O–H groups in total. The monoisotopic (exact) mass is 385 g/mol. The van der Waals surface area contributed by atoms with E-state index in [1.54, 1.807) is 0 Å². The number of amides is 1. The summed E-state index contributed by atoms with van der Waals surface area (Å²) in [5, 5.41) is 9.01. The Morgan fingerprint density at radius 2 is 1.93 bits per heavy atom. The Morgan fingerprint density at radius 3 is 2.64 bits per heavy atom. The fraction of sp³-hybridized carbons (Fsp3) is 0.667. The van der Waals surface area contributed by atoms with Crippen LogP contribution in [0.4, 0.5) is 0 Å². The van der Waals surface area contributed by atoms with Crippen molar-refractivity contribution < 1.29 is 9.21 Å². The second-order valence-corrected chi connectivity index (χ2v) is 8.29. The molecule has 0 bridgehead atoms. The van der Waals surface area contributed by atoms with Crippen molar-refractivity contribution in [2.45, 2.75) is 58.4 Å². The highest BCUT2D eigenvalue weighted by Gasteiger charge is 2.30. The van der Waals surface area contributed by atoms with Crippen LogP contribution in [-0.4, -0.2) is 56.7 Å². The largest absolute Gasteiger partial charge is 0.466 e. The maximum Gasteiger partial charge on any atom is 0.257 e.